The zero-order valence-corrected chi connectivity index (χ0v) is 28.3. The van der Waals surface area contributed by atoms with Gasteiger partial charge in [0, 0.05) is 49.9 Å². The van der Waals surface area contributed by atoms with Crippen LogP contribution in [0.3, 0.4) is 0 Å². The molecule has 1 N–H and O–H groups in total. The average molecular weight is 751 g/mol. The monoisotopic (exact) mass is 749 g/mol. The van der Waals surface area contributed by atoms with Gasteiger partial charge in [0.15, 0.2) is 0 Å². The molecule has 2 aromatic heterocycles. The summed E-state index contributed by atoms with van der Waals surface area (Å²) in [5.74, 6) is -7.31. The fourth-order valence-electron chi connectivity index (χ4n) is 7.68. The molecule has 3 fully saturated rings. The quantitative estimate of drug-likeness (QED) is 0.238. The third kappa shape index (κ3) is 5.68. The Labute approximate surface area is 297 Å². The lowest BCUT2D eigenvalue weighted by atomic mass is 9.71. The standard InChI is InChI=1S/C34H30Cl2F5N7O3/c35-25-5-4-22(10-26(25)36)33(37,38)29-45-44-27(51-29)24-15-46(16-31(24)17-47(18-31)30(50)32(7-8-32)34(39,40)41)28(49)21-12-43-48(14-21)13-20-3-1-2-19-11-42-9-6-23(19)20/h1-5,10,12,14,24,42H,6-9,11,13,15-18H2. The second-order valence-electron chi connectivity index (χ2n) is 13.9. The van der Waals surface area contributed by atoms with Crippen LogP contribution in [0.25, 0.3) is 0 Å². The summed E-state index contributed by atoms with van der Waals surface area (Å²) in [6.45, 7) is 1.75. The molecule has 1 spiro atoms. The van der Waals surface area contributed by atoms with Crippen molar-refractivity contribution in [2.45, 2.75) is 50.4 Å². The van der Waals surface area contributed by atoms with Gasteiger partial charge in [0.1, 0.15) is 5.41 Å². The lowest BCUT2D eigenvalue weighted by Gasteiger charge is -2.51. The van der Waals surface area contributed by atoms with Gasteiger partial charge in [0.25, 0.3) is 11.8 Å². The lowest BCUT2D eigenvalue weighted by Crippen LogP contribution is -2.64. The van der Waals surface area contributed by atoms with E-state index >= 15 is 8.78 Å². The second kappa shape index (κ2) is 12.0. The van der Waals surface area contributed by atoms with Gasteiger partial charge in [-0.1, -0.05) is 47.5 Å². The number of aromatic nitrogens is 4. The minimum absolute atomic E-state index is 0.0184. The molecule has 1 atom stereocenters. The van der Waals surface area contributed by atoms with E-state index in [-0.39, 0.29) is 60.5 Å². The maximum Gasteiger partial charge on any atom is 0.403 e. The molecule has 1 unspecified atom stereocenters. The molecule has 4 aliphatic rings. The van der Waals surface area contributed by atoms with Crippen molar-refractivity contribution in [3.63, 3.8) is 0 Å². The van der Waals surface area contributed by atoms with Crippen molar-refractivity contribution in [3.8, 4) is 0 Å². The van der Waals surface area contributed by atoms with Crippen LogP contribution in [0.15, 0.2) is 53.2 Å². The summed E-state index contributed by atoms with van der Waals surface area (Å²) >= 11 is 11.9. The molecule has 4 aromatic rings. The number of benzene rings is 2. The van der Waals surface area contributed by atoms with Gasteiger partial charge in [0.05, 0.1) is 34.3 Å². The summed E-state index contributed by atoms with van der Waals surface area (Å²) in [5, 5.41) is 15.3. The van der Waals surface area contributed by atoms with Crippen LogP contribution >= 0.6 is 23.2 Å². The van der Waals surface area contributed by atoms with Gasteiger partial charge >= 0.3 is 12.1 Å². The predicted molar refractivity (Wildman–Crippen MR) is 172 cm³/mol. The summed E-state index contributed by atoms with van der Waals surface area (Å²) in [4.78, 5) is 29.6. The molecular weight excluding hydrogens is 720 g/mol. The van der Waals surface area contributed by atoms with Gasteiger partial charge in [-0.3, -0.25) is 14.3 Å². The average Bonchev–Trinajstić information content (AvgIpc) is 3.39. The molecule has 51 heavy (non-hydrogen) atoms. The van der Waals surface area contributed by atoms with Gasteiger partial charge in [-0.05, 0) is 54.6 Å². The number of amides is 2. The Morgan fingerprint density at radius 3 is 2.49 bits per heavy atom. The van der Waals surface area contributed by atoms with Crippen LogP contribution in [0.5, 0.6) is 0 Å². The SMILES string of the molecule is O=C(c1cnn(Cc2cccc3c2CCNC3)c1)N1CC(c2nnc(C(F)(F)c3ccc(Cl)c(Cl)c3)o2)C2(C1)CN(C(=O)C1(C(F)(F)F)CC1)C2. The van der Waals surface area contributed by atoms with Crippen LogP contribution in [-0.2, 0) is 30.2 Å². The zero-order valence-electron chi connectivity index (χ0n) is 26.8. The summed E-state index contributed by atoms with van der Waals surface area (Å²) in [6.07, 6.45) is -1.35. The van der Waals surface area contributed by atoms with Gasteiger partial charge < -0.3 is 19.5 Å². The van der Waals surface area contributed by atoms with E-state index in [0.29, 0.717) is 6.54 Å². The van der Waals surface area contributed by atoms with Crippen molar-refractivity contribution in [2.75, 3.05) is 32.7 Å². The van der Waals surface area contributed by atoms with Gasteiger partial charge in [-0.25, -0.2) is 0 Å². The molecule has 8 rings (SSSR count). The van der Waals surface area contributed by atoms with E-state index in [4.69, 9.17) is 27.6 Å². The number of carbonyl (C=O) groups excluding carboxylic acids is 2. The van der Waals surface area contributed by atoms with E-state index in [0.717, 1.165) is 42.1 Å². The predicted octanol–water partition coefficient (Wildman–Crippen LogP) is 5.82. The number of halogens is 7. The third-order valence-corrected chi connectivity index (χ3v) is 11.4. The Bertz CT molecular complexity index is 2040. The molecular formula is C34H30Cl2F5N7O3. The Morgan fingerprint density at radius 2 is 1.76 bits per heavy atom. The van der Waals surface area contributed by atoms with Crippen LogP contribution in [0.2, 0.25) is 10.0 Å². The molecule has 0 radical (unpaired) electrons. The Morgan fingerprint density at radius 1 is 1.00 bits per heavy atom. The molecule has 268 valence electrons. The Hall–Kier alpha value is -4.08. The highest BCUT2D eigenvalue weighted by Gasteiger charge is 2.71. The maximum absolute atomic E-state index is 15.6. The summed E-state index contributed by atoms with van der Waals surface area (Å²) in [7, 11) is 0. The first-order valence-electron chi connectivity index (χ1n) is 16.4. The first-order chi connectivity index (χ1) is 24.2. The summed E-state index contributed by atoms with van der Waals surface area (Å²) in [6, 6.07) is 9.35. The number of rotatable bonds is 7. The molecule has 17 heteroatoms. The topological polar surface area (TPSA) is 109 Å². The van der Waals surface area contributed by atoms with E-state index in [1.807, 2.05) is 12.1 Å². The number of nitrogens with zero attached hydrogens (tertiary/aromatic N) is 6. The van der Waals surface area contributed by atoms with Crippen molar-refractivity contribution in [3.05, 3.63) is 98.4 Å². The molecule has 3 aliphatic heterocycles. The smallest absolute Gasteiger partial charge is 0.403 e. The molecule has 1 aliphatic carbocycles. The van der Waals surface area contributed by atoms with Gasteiger partial charge in [0.2, 0.25) is 11.8 Å². The number of hydrogen-bond acceptors (Lipinski definition) is 7. The number of fused-ring (bicyclic) bond motifs is 1. The third-order valence-electron chi connectivity index (χ3n) is 10.7. The minimum atomic E-state index is -4.70. The second-order valence-corrected chi connectivity index (χ2v) is 14.7. The molecule has 10 nitrogen and oxygen atoms in total. The summed E-state index contributed by atoms with van der Waals surface area (Å²) < 4.78 is 79.8. The number of carbonyl (C=O) groups is 2. The maximum atomic E-state index is 15.6. The van der Waals surface area contributed by atoms with Crippen LogP contribution in [0.1, 0.15) is 63.2 Å². The molecule has 0 bridgehead atoms. The molecule has 2 saturated heterocycles. The first kappa shape index (κ1) is 34.0. The minimum Gasteiger partial charge on any atom is -0.419 e. The largest absolute Gasteiger partial charge is 0.419 e. The van der Waals surface area contributed by atoms with Gasteiger partial charge in [-0.15, -0.1) is 10.2 Å². The van der Waals surface area contributed by atoms with Crippen LogP contribution in [-0.4, -0.2) is 80.5 Å². The number of hydrogen-bond donors (Lipinski definition) is 1. The highest BCUT2D eigenvalue weighted by Crippen LogP contribution is 2.60. The Balaban J connectivity index is 1.05. The lowest BCUT2D eigenvalue weighted by molar-refractivity contribution is -0.204. The van der Waals surface area contributed by atoms with Crippen LogP contribution in [0, 0.1) is 10.8 Å². The molecule has 2 aromatic carbocycles. The zero-order chi connectivity index (χ0) is 35.9. The van der Waals surface area contributed by atoms with Crippen molar-refractivity contribution in [2.24, 2.45) is 10.8 Å². The van der Waals surface area contributed by atoms with E-state index in [1.165, 1.54) is 28.3 Å². The van der Waals surface area contributed by atoms with Crippen molar-refractivity contribution < 1.29 is 36.0 Å². The number of nitrogens with one attached hydrogen (secondary N) is 1. The van der Waals surface area contributed by atoms with E-state index in [2.05, 4.69) is 26.7 Å². The van der Waals surface area contributed by atoms with Crippen LogP contribution in [0.4, 0.5) is 22.0 Å². The molecule has 2 amide bonds. The van der Waals surface area contributed by atoms with Crippen molar-refractivity contribution in [1.29, 1.82) is 0 Å². The van der Waals surface area contributed by atoms with E-state index < -0.39 is 52.1 Å². The highest BCUT2D eigenvalue weighted by molar-refractivity contribution is 6.42. The number of likely N-dealkylation sites (tertiary alicyclic amines) is 2. The molecule has 1 saturated carbocycles. The van der Waals surface area contributed by atoms with Crippen molar-refractivity contribution >= 4 is 35.0 Å². The highest BCUT2D eigenvalue weighted by atomic mass is 35.5. The Kier molecular flexibility index (Phi) is 8.00. The fraction of sp³-hybridized carbons (Fsp3) is 0.441. The van der Waals surface area contributed by atoms with Gasteiger partial charge in [-0.2, -0.15) is 27.1 Å². The van der Waals surface area contributed by atoms with E-state index in [1.54, 1.807) is 10.9 Å². The fourth-order valence-corrected chi connectivity index (χ4v) is 7.98. The molecule has 5 heterocycles. The normalized spacial score (nSPS) is 20.7. The van der Waals surface area contributed by atoms with Crippen molar-refractivity contribution in [1.82, 2.24) is 35.1 Å². The summed E-state index contributed by atoms with van der Waals surface area (Å²) in [5.41, 5.74) is -0.148. The van der Waals surface area contributed by atoms with E-state index in [9.17, 15) is 22.8 Å². The first-order valence-corrected chi connectivity index (χ1v) is 17.1. The van der Waals surface area contributed by atoms with Crippen LogP contribution < -0.4 is 5.32 Å². The number of alkyl halides is 5.